The summed E-state index contributed by atoms with van der Waals surface area (Å²) in [4.78, 5) is 16.7. The average molecular weight is 411 g/mol. The van der Waals surface area contributed by atoms with E-state index in [2.05, 4.69) is 15.4 Å². The summed E-state index contributed by atoms with van der Waals surface area (Å²) in [5.41, 5.74) is 1.69. The summed E-state index contributed by atoms with van der Waals surface area (Å²) >= 11 is 0. The van der Waals surface area contributed by atoms with Crippen LogP contribution in [0.1, 0.15) is 10.4 Å². The fourth-order valence-electron chi connectivity index (χ4n) is 2.86. The number of fused-ring (bicyclic) bond motifs is 1. The summed E-state index contributed by atoms with van der Waals surface area (Å²) in [6.07, 6.45) is 4.44. The fraction of sp³-hybridized carbons (Fsp3) is 0. The number of sulfonamides is 1. The number of anilines is 1. The van der Waals surface area contributed by atoms with Gasteiger partial charge in [0.2, 0.25) is 10.0 Å². The maximum atomic E-state index is 13.2. The van der Waals surface area contributed by atoms with E-state index >= 15 is 0 Å². The van der Waals surface area contributed by atoms with Crippen LogP contribution in [-0.2, 0) is 10.0 Å². The number of carbonyl (C=O) groups is 1. The first-order valence-electron chi connectivity index (χ1n) is 8.35. The molecule has 4 aromatic rings. The lowest BCUT2D eigenvalue weighted by molar-refractivity contribution is 0.102. The molecule has 1 amide bonds. The van der Waals surface area contributed by atoms with Gasteiger partial charge in [0.05, 0.1) is 34.1 Å². The highest BCUT2D eigenvalue weighted by Gasteiger charge is 2.16. The Morgan fingerprint density at radius 2 is 1.83 bits per heavy atom. The van der Waals surface area contributed by atoms with Crippen LogP contribution in [0, 0.1) is 5.82 Å². The molecule has 4 rings (SSSR count). The first-order chi connectivity index (χ1) is 13.8. The smallest absolute Gasteiger partial charge is 0.257 e. The number of hydrogen-bond acceptors (Lipinski definition) is 5. The molecule has 3 N–H and O–H groups in total. The largest absolute Gasteiger partial charge is 0.322 e. The van der Waals surface area contributed by atoms with E-state index in [0.29, 0.717) is 16.6 Å². The molecule has 0 aliphatic carbocycles. The molecule has 146 valence electrons. The summed E-state index contributed by atoms with van der Waals surface area (Å²) in [5.74, 6) is -0.863. The molecular formula is C19H14FN5O3S. The number of nitrogens with zero attached hydrogens (tertiary/aromatic N) is 3. The molecule has 2 aromatic heterocycles. The molecule has 0 atom stereocenters. The van der Waals surface area contributed by atoms with Gasteiger partial charge in [0.25, 0.3) is 5.91 Å². The average Bonchev–Trinajstić information content (AvgIpc) is 3.12. The summed E-state index contributed by atoms with van der Waals surface area (Å²) in [7, 11) is -3.89. The molecule has 0 radical (unpaired) electrons. The molecule has 0 spiro atoms. The number of amides is 1. The predicted octanol–water partition coefficient (Wildman–Crippen LogP) is 2.46. The lowest BCUT2D eigenvalue weighted by Gasteiger charge is -2.08. The number of rotatable bonds is 4. The van der Waals surface area contributed by atoms with Gasteiger partial charge in [-0.3, -0.25) is 9.78 Å². The second-order valence-corrected chi connectivity index (χ2v) is 7.74. The third kappa shape index (κ3) is 3.71. The lowest BCUT2D eigenvalue weighted by atomic mass is 10.1. The van der Waals surface area contributed by atoms with Crippen molar-refractivity contribution in [3.05, 3.63) is 78.5 Å². The van der Waals surface area contributed by atoms with Crippen molar-refractivity contribution in [1.82, 2.24) is 14.8 Å². The van der Waals surface area contributed by atoms with Gasteiger partial charge in [0.15, 0.2) is 0 Å². The van der Waals surface area contributed by atoms with Gasteiger partial charge in [-0.25, -0.2) is 22.6 Å². The first kappa shape index (κ1) is 18.7. The Labute approximate surface area is 164 Å². The quantitative estimate of drug-likeness (QED) is 0.534. The van der Waals surface area contributed by atoms with E-state index < -0.39 is 15.9 Å². The Hall–Kier alpha value is -3.63. The van der Waals surface area contributed by atoms with Crippen molar-refractivity contribution in [2.45, 2.75) is 4.90 Å². The molecule has 0 aliphatic heterocycles. The minimum Gasteiger partial charge on any atom is -0.322 e. The Morgan fingerprint density at radius 3 is 2.55 bits per heavy atom. The Balaban J connectivity index is 1.70. The Bertz CT molecular complexity index is 1330. The van der Waals surface area contributed by atoms with Crippen LogP contribution in [0.3, 0.4) is 0 Å². The van der Waals surface area contributed by atoms with Crippen molar-refractivity contribution in [2.75, 3.05) is 5.32 Å². The van der Waals surface area contributed by atoms with E-state index in [9.17, 15) is 17.6 Å². The molecule has 0 aliphatic rings. The van der Waals surface area contributed by atoms with E-state index in [-0.39, 0.29) is 22.0 Å². The van der Waals surface area contributed by atoms with E-state index in [1.807, 2.05) is 0 Å². The highest BCUT2D eigenvalue weighted by molar-refractivity contribution is 7.89. The van der Waals surface area contributed by atoms with Crippen LogP contribution in [0.4, 0.5) is 10.1 Å². The minimum absolute atomic E-state index is 0.115. The van der Waals surface area contributed by atoms with Gasteiger partial charge in [-0.05, 0) is 42.5 Å². The fourth-order valence-corrected chi connectivity index (χ4v) is 3.42. The summed E-state index contributed by atoms with van der Waals surface area (Å²) in [6, 6.07) is 11.4. The maximum absolute atomic E-state index is 13.2. The predicted molar refractivity (Wildman–Crippen MR) is 105 cm³/mol. The molecule has 0 saturated carbocycles. The molecule has 2 aromatic carbocycles. The van der Waals surface area contributed by atoms with Crippen LogP contribution >= 0.6 is 0 Å². The van der Waals surface area contributed by atoms with E-state index in [1.165, 1.54) is 42.7 Å². The summed E-state index contributed by atoms with van der Waals surface area (Å²) in [6.45, 7) is 0. The molecule has 2 heterocycles. The van der Waals surface area contributed by atoms with Crippen molar-refractivity contribution >= 4 is 32.5 Å². The Morgan fingerprint density at radius 1 is 1.07 bits per heavy atom. The molecule has 0 fully saturated rings. The number of hydrogen-bond donors (Lipinski definition) is 2. The zero-order chi connectivity index (χ0) is 20.6. The number of primary sulfonamides is 1. The standard InChI is InChI=1S/C19H14FN5O3S/c20-12-4-6-14(7-5-12)25-18-11-22-9-17(16(18)10-23-25)19(26)24-13-2-1-3-15(8-13)29(21,27)28/h1-11H,(H,24,26)(H2,21,27,28). The van der Waals surface area contributed by atoms with Gasteiger partial charge < -0.3 is 5.32 Å². The summed E-state index contributed by atoms with van der Waals surface area (Å²) in [5, 5.41) is 12.6. The second kappa shape index (κ2) is 7.08. The molecule has 0 bridgehead atoms. The van der Waals surface area contributed by atoms with Crippen LogP contribution < -0.4 is 10.5 Å². The second-order valence-electron chi connectivity index (χ2n) is 6.18. The zero-order valence-corrected chi connectivity index (χ0v) is 15.6. The van der Waals surface area contributed by atoms with Crippen molar-refractivity contribution < 1.29 is 17.6 Å². The third-order valence-electron chi connectivity index (χ3n) is 4.23. The van der Waals surface area contributed by atoms with Gasteiger partial charge in [-0.1, -0.05) is 6.07 Å². The number of nitrogens with two attached hydrogens (primary N) is 1. The van der Waals surface area contributed by atoms with E-state index in [4.69, 9.17) is 5.14 Å². The number of halogens is 1. The highest BCUT2D eigenvalue weighted by Crippen LogP contribution is 2.22. The van der Waals surface area contributed by atoms with E-state index in [1.54, 1.807) is 29.1 Å². The van der Waals surface area contributed by atoms with Crippen molar-refractivity contribution in [1.29, 1.82) is 0 Å². The molecule has 8 nitrogen and oxygen atoms in total. The molecule has 0 unspecified atom stereocenters. The van der Waals surface area contributed by atoms with Crippen molar-refractivity contribution in [2.24, 2.45) is 5.14 Å². The van der Waals surface area contributed by atoms with Crippen LogP contribution in [0.25, 0.3) is 16.6 Å². The number of benzene rings is 2. The summed E-state index contributed by atoms with van der Waals surface area (Å²) < 4.78 is 37.7. The van der Waals surface area contributed by atoms with Gasteiger partial charge in [0, 0.05) is 17.3 Å². The van der Waals surface area contributed by atoms with Crippen LogP contribution in [0.5, 0.6) is 0 Å². The number of nitrogens with one attached hydrogen (secondary N) is 1. The lowest BCUT2D eigenvalue weighted by Crippen LogP contribution is -2.15. The normalized spacial score (nSPS) is 11.5. The zero-order valence-electron chi connectivity index (χ0n) is 14.8. The van der Waals surface area contributed by atoms with Gasteiger partial charge in [-0.2, -0.15) is 5.10 Å². The minimum atomic E-state index is -3.89. The highest BCUT2D eigenvalue weighted by atomic mass is 32.2. The first-order valence-corrected chi connectivity index (χ1v) is 9.89. The number of pyridine rings is 1. The van der Waals surface area contributed by atoms with Crippen LogP contribution in [-0.4, -0.2) is 29.1 Å². The Kier molecular flexibility index (Phi) is 4.57. The van der Waals surface area contributed by atoms with Crippen molar-refractivity contribution in [3.63, 3.8) is 0 Å². The number of aromatic nitrogens is 3. The van der Waals surface area contributed by atoms with Crippen LogP contribution in [0.2, 0.25) is 0 Å². The van der Waals surface area contributed by atoms with E-state index in [0.717, 1.165) is 0 Å². The van der Waals surface area contributed by atoms with Crippen molar-refractivity contribution in [3.8, 4) is 5.69 Å². The van der Waals surface area contributed by atoms with Crippen LogP contribution in [0.15, 0.2) is 72.0 Å². The molecule has 0 saturated heterocycles. The maximum Gasteiger partial charge on any atom is 0.257 e. The third-order valence-corrected chi connectivity index (χ3v) is 5.14. The molecule has 10 heteroatoms. The molecular weight excluding hydrogens is 397 g/mol. The van der Waals surface area contributed by atoms with Gasteiger partial charge >= 0.3 is 0 Å². The SMILES string of the molecule is NS(=O)(=O)c1cccc(NC(=O)c2cncc3c2cnn3-c2ccc(F)cc2)c1. The molecule has 29 heavy (non-hydrogen) atoms. The topological polar surface area (TPSA) is 120 Å². The number of carbonyl (C=O) groups excluding carboxylic acids is 1. The monoisotopic (exact) mass is 411 g/mol. The van der Waals surface area contributed by atoms with Gasteiger partial charge in [0.1, 0.15) is 5.82 Å². The van der Waals surface area contributed by atoms with Gasteiger partial charge in [-0.15, -0.1) is 0 Å².